The first-order chi connectivity index (χ1) is 14.2. The summed E-state index contributed by atoms with van der Waals surface area (Å²) in [5.41, 5.74) is 3.60. The van der Waals surface area contributed by atoms with Crippen LogP contribution in [0.15, 0.2) is 60.8 Å². The summed E-state index contributed by atoms with van der Waals surface area (Å²) < 4.78 is 0. The molecule has 2 aromatic carbocycles. The van der Waals surface area contributed by atoms with Gasteiger partial charge < -0.3 is 20.6 Å². The highest BCUT2D eigenvalue weighted by Gasteiger charge is 2.20. The highest BCUT2D eigenvalue weighted by Crippen LogP contribution is 2.18. The molecular formula is C23H24N4O2. The van der Waals surface area contributed by atoms with E-state index in [1.165, 1.54) is 5.39 Å². The number of carbonyl (C=O) groups excluding carboxylic acids is 2. The number of aromatic nitrogens is 2. The van der Waals surface area contributed by atoms with Crippen molar-refractivity contribution in [2.75, 3.05) is 6.54 Å². The number of nitrogens with one attached hydrogen (secondary N) is 4. The number of amides is 2. The van der Waals surface area contributed by atoms with Gasteiger partial charge in [0.05, 0.1) is 0 Å². The molecule has 0 aliphatic rings. The molecule has 29 heavy (non-hydrogen) atoms. The van der Waals surface area contributed by atoms with Gasteiger partial charge in [0.15, 0.2) is 0 Å². The summed E-state index contributed by atoms with van der Waals surface area (Å²) in [6.07, 6.45) is 3.22. The van der Waals surface area contributed by atoms with Crippen molar-refractivity contribution in [1.82, 2.24) is 20.6 Å². The summed E-state index contributed by atoms with van der Waals surface area (Å²) in [4.78, 5) is 31.5. The Morgan fingerprint density at radius 1 is 1.03 bits per heavy atom. The largest absolute Gasteiger partial charge is 0.361 e. The lowest BCUT2D eigenvalue weighted by molar-refractivity contribution is -0.123. The van der Waals surface area contributed by atoms with Crippen molar-refractivity contribution in [3.8, 4) is 0 Å². The van der Waals surface area contributed by atoms with Crippen LogP contribution in [0, 0.1) is 0 Å². The molecule has 0 unspecified atom stereocenters. The molecule has 4 aromatic rings. The summed E-state index contributed by atoms with van der Waals surface area (Å²) in [6.45, 7) is 2.40. The molecule has 2 heterocycles. The summed E-state index contributed by atoms with van der Waals surface area (Å²) in [7, 11) is 0. The molecule has 4 N–H and O–H groups in total. The maximum atomic E-state index is 12.6. The zero-order valence-electron chi connectivity index (χ0n) is 16.3. The molecule has 0 aliphatic carbocycles. The molecule has 6 nitrogen and oxygen atoms in total. The molecule has 0 bridgehead atoms. The molecule has 0 aliphatic heterocycles. The zero-order chi connectivity index (χ0) is 20.2. The Morgan fingerprint density at radius 3 is 2.59 bits per heavy atom. The second kappa shape index (κ2) is 8.22. The lowest BCUT2D eigenvalue weighted by Crippen LogP contribution is -2.46. The molecule has 0 saturated heterocycles. The molecular weight excluding hydrogens is 364 g/mol. The number of para-hydroxylation sites is 2. The lowest BCUT2D eigenvalue weighted by atomic mass is 10.1. The van der Waals surface area contributed by atoms with Gasteiger partial charge in [0.25, 0.3) is 5.91 Å². The van der Waals surface area contributed by atoms with Gasteiger partial charge in [-0.3, -0.25) is 9.59 Å². The zero-order valence-corrected chi connectivity index (χ0v) is 16.3. The number of benzene rings is 2. The van der Waals surface area contributed by atoms with Crippen molar-refractivity contribution in [3.05, 3.63) is 72.1 Å². The fraction of sp³-hybridized carbons (Fsp3) is 0.217. The minimum Gasteiger partial charge on any atom is -0.361 e. The van der Waals surface area contributed by atoms with E-state index in [2.05, 4.69) is 26.7 Å². The maximum absolute atomic E-state index is 12.6. The van der Waals surface area contributed by atoms with Crippen molar-refractivity contribution >= 4 is 33.6 Å². The van der Waals surface area contributed by atoms with Crippen molar-refractivity contribution in [2.24, 2.45) is 0 Å². The smallest absolute Gasteiger partial charge is 0.268 e. The van der Waals surface area contributed by atoms with E-state index in [1.807, 2.05) is 55.6 Å². The first-order valence-corrected chi connectivity index (χ1v) is 9.87. The topological polar surface area (TPSA) is 89.8 Å². The Labute approximate surface area is 168 Å². The maximum Gasteiger partial charge on any atom is 0.268 e. The molecule has 0 radical (unpaired) electrons. The Hall–Kier alpha value is -3.54. The van der Waals surface area contributed by atoms with E-state index < -0.39 is 6.04 Å². The molecule has 2 amide bonds. The number of hydrogen-bond acceptors (Lipinski definition) is 2. The quantitative estimate of drug-likeness (QED) is 0.390. The summed E-state index contributed by atoms with van der Waals surface area (Å²) >= 11 is 0. The number of fused-ring (bicyclic) bond motifs is 2. The highest BCUT2D eigenvalue weighted by atomic mass is 16.2. The number of hydrogen-bond donors (Lipinski definition) is 4. The normalized spacial score (nSPS) is 12.2. The van der Waals surface area contributed by atoms with E-state index in [0.717, 1.165) is 28.4 Å². The predicted molar refractivity (Wildman–Crippen MR) is 115 cm³/mol. The number of rotatable bonds is 7. The van der Waals surface area contributed by atoms with Gasteiger partial charge in [-0.15, -0.1) is 0 Å². The molecule has 2 aromatic heterocycles. The number of aromatic amines is 2. The SMILES string of the molecule is CC[C@H](NC(=O)c1cc2ccccc2[nH]1)C(=O)NCCc1c[nH]c2ccccc12. The van der Waals surface area contributed by atoms with Gasteiger partial charge in [-0.05, 0) is 36.6 Å². The van der Waals surface area contributed by atoms with Crippen molar-refractivity contribution in [3.63, 3.8) is 0 Å². The lowest BCUT2D eigenvalue weighted by Gasteiger charge is -2.16. The fourth-order valence-corrected chi connectivity index (χ4v) is 3.57. The van der Waals surface area contributed by atoms with Gasteiger partial charge >= 0.3 is 0 Å². The van der Waals surface area contributed by atoms with Crippen LogP contribution >= 0.6 is 0 Å². The molecule has 0 fully saturated rings. The van der Waals surface area contributed by atoms with E-state index in [4.69, 9.17) is 0 Å². The minimum atomic E-state index is -0.572. The van der Waals surface area contributed by atoms with Crippen LogP contribution < -0.4 is 10.6 Å². The van der Waals surface area contributed by atoms with Crippen LogP contribution in [0.5, 0.6) is 0 Å². The van der Waals surface area contributed by atoms with E-state index in [9.17, 15) is 9.59 Å². The Balaban J connectivity index is 1.34. The van der Waals surface area contributed by atoms with Gasteiger partial charge in [-0.25, -0.2) is 0 Å². The third-order valence-corrected chi connectivity index (χ3v) is 5.17. The third kappa shape index (κ3) is 4.01. The first kappa shape index (κ1) is 18.8. The van der Waals surface area contributed by atoms with Crippen molar-refractivity contribution in [1.29, 1.82) is 0 Å². The van der Waals surface area contributed by atoms with Crippen LogP contribution in [0.4, 0.5) is 0 Å². The Morgan fingerprint density at radius 2 is 1.79 bits per heavy atom. The summed E-state index contributed by atoms with van der Waals surface area (Å²) in [5, 5.41) is 7.90. The molecule has 148 valence electrons. The van der Waals surface area contributed by atoms with E-state index >= 15 is 0 Å². The van der Waals surface area contributed by atoms with Crippen LogP contribution in [-0.4, -0.2) is 34.4 Å². The molecule has 1 atom stereocenters. The van der Waals surface area contributed by atoms with Gasteiger partial charge in [0.2, 0.25) is 5.91 Å². The summed E-state index contributed by atoms with van der Waals surface area (Å²) in [6, 6.07) is 17.0. The first-order valence-electron chi connectivity index (χ1n) is 9.87. The fourth-order valence-electron chi connectivity index (χ4n) is 3.57. The van der Waals surface area contributed by atoms with Crippen molar-refractivity contribution < 1.29 is 9.59 Å². The van der Waals surface area contributed by atoms with E-state index in [0.29, 0.717) is 18.7 Å². The number of H-pyrrole nitrogens is 2. The highest BCUT2D eigenvalue weighted by molar-refractivity contribution is 6.00. The van der Waals surface area contributed by atoms with Crippen LogP contribution in [0.1, 0.15) is 29.4 Å². The standard InChI is InChI=1S/C23H24N4O2/c1-2-18(27-23(29)21-13-15-7-3-5-9-19(15)26-21)22(28)24-12-11-16-14-25-20-10-6-4-8-17(16)20/h3-10,13-14,18,25-26H,2,11-12H2,1H3,(H,24,28)(H,27,29)/t18-/m0/s1. The summed E-state index contributed by atoms with van der Waals surface area (Å²) in [5.74, 6) is -0.448. The second-order valence-corrected chi connectivity index (χ2v) is 7.11. The second-order valence-electron chi connectivity index (χ2n) is 7.11. The average Bonchev–Trinajstić information content (AvgIpc) is 3.36. The van der Waals surface area contributed by atoms with Gasteiger partial charge in [0.1, 0.15) is 11.7 Å². The van der Waals surface area contributed by atoms with Gasteiger partial charge in [-0.1, -0.05) is 43.3 Å². The van der Waals surface area contributed by atoms with Crippen LogP contribution in [0.3, 0.4) is 0 Å². The average molecular weight is 388 g/mol. The van der Waals surface area contributed by atoms with E-state index in [-0.39, 0.29) is 11.8 Å². The molecule has 4 rings (SSSR count). The van der Waals surface area contributed by atoms with E-state index in [1.54, 1.807) is 6.07 Å². The Kier molecular flexibility index (Phi) is 5.33. The molecule has 6 heteroatoms. The van der Waals surface area contributed by atoms with Crippen molar-refractivity contribution in [2.45, 2.75) is 25.8 Å². The minimum absolute atomic E-state index is 0.170. The third-order valence-electron chi connectivity index (χ3n) is 5.17. The number of carbonyl (C=O) groups is 2. The monoisotopic (exact) mass is 388 g/mol. The molecule has 0 spiro atoms. The van der Waals surface area contributed by atoms with Crippen LogP contribution in [0.2, 0.25) is 0 Å². The van der Waals surface area contributed by atoms with Gasteiger partial charge in [0, 0.05) is 34.5 Å². The predicted octanol–water partition coefficient (Wildman–Crippen LogP) is 3.52. The molecule has 0 saturated carbocycles. The van der Waals surface area contributed by atoms with Gasteiger partial charge in [-0.2, -0.15) is 0 Å². The Bertz CT molecular complexity index is 1120. The van der Waals surface area contributed by atoms with Crippen LogP contribution in [0.25, 0.3) is 21.8 Å². The van der Waals surface area contributed by atoms with Crippen LogP contribution in [-0.2, 0) is 11.2 Å².